The summed E-state index contributed by atoms with van der Waals surface area (Å²) in [6.07, 6.45) is 0.0473. The molecular weight excluding hydrogens is 585 g/mol. The minimum absolute atomic E-state index is 0.0473. The van der Waals surface area contributed by atoms with Crippen molar-refractivity contribution in [2.75, 3.05) is 11.9 Å². The van der Waals surface area contributed by atoms with E-state index in [4.69, 9.17) is 74.3 Å². The Kier molecular flexibility index (Phi) is 8.84. The number of hydrogen-bond acceptors (Lipinski definition) is 5. The minimum Gasteiger partial charge on any atom is -0.454 e. The van der Waals surface area contributed by atoms with Gasteiger partial charge in [0, 0.05) is 5.02 Å². The van der Waals surface area contributed by atoms with Crippen LogP contribution in [0.15, 0.2) is 18.2 Å². The molecule has 0 spiro atoms. The van der Waals surface area contributed by atoms with Gasteiger partial charge in [0.2, 0.25) is 0 Å². The first-order chi connectivity index (χ1) is 16.3. The average Bonchev–Trinajstić information content (AvgIpc) is 3.04. The van der Waals surface area contributed by atoms with E-state index in [1.807, 2.05) is 0 Å². The molecule has 186 valence electrons. The van der Waals surface area contributed by atoms with Gasteiger partial charge in [-0.25, -0.2) is 4.79 Å². The summed E-state index contributed by atoms with van der Waals surface area (Å²) in [6, 6.07) is 3.07. The maximum atomic E-state index is 13.2. The van der Waals surface area contributed by atoms with Gasteiger partial charge in [-0.05, 0) is 30.5 Å². The summed E-state index contributed by atoms with van der Waals surface area (Å²) in [7, 11) is 0. The van der Waals surface area contributed by atoms with E-state index in [0.29, 0.717) is 9.92 Å². The van der Waals surface area contributed by atoms with E-state index in [1.165, 1.54) is 18.2 Å². The van der Waals surface area contributed by atoms with E-state index in [2.05, 4.69) is 5.32 Å². The number of amides is 3. The maximum absolute atomic E-state index is 13.2. The maximum Gasteiger partial charge on any atom is 0.329 e. The van der Waals surface area contributed by atoms with E-state index >= 15 is 0 Å². The molecule has 0 unspecified atom stereocenters. The van der Waals surface area contributed by atoms with Crippen LogP contribution in [-0.4, -0.2) is 41.2 Å². The summed E-state index contributed by atoms with van der Waals surface area (Å²) in [5.74, 6) is -3.57. The van der Waals surface area contributed by atoms with Crippen LogP contribution < -0.4 is 5.32 Å². The normalized spacial score (nSPS) is 13.8. The summed E-state index contributed by atoms with van der Waals surface area (Å²) < 4.78 is 5.13. The lowest BCUT2D eigenvalue weighted by Gasteiger charge is -2.26. The lowest BCUT2D eigenvalue weighted by atomic mass is 10.0. The number of nitrogens with zero attached hydrogens (tertiary/aromatic N) is 1. The number of ether oxygens (including phenoxy) is 1. The Morgan fingerprint density at radius 2 is 1.46 bits per heavy atom. The standard InChI is InChI=1S/C22H16Cl6N2O5/c1-8(2)5-12(22(34)35-7-13(31)29-11-4-3-9(23)6-10(11)24)30-20(32)14-15(21(30)33)17(26)19(28)18(27)16(14)25/h3-4,6,8,12H,5,7H2,1-2H3,(H,29,31)/t12-/m1/s1. The third-order valence-corrected chi connectivity index (χ3v) is 7.31. The molecule has 0 saturated heterocycles. The molecule has 1 aliphatic rings. The van der Waals surface area contributed by atoms with Crippen LogP contribution in [-0.2, 0) is 14.3 Å². The van der Waals surface area contributed by atoms with Crippen molar-refractivity contribution in [3.05, 3.63) is 59.5 Å². The number of carbonyl (C=O) groups is 4. The summed E-state index contributed by atoms with van der Waals surface area (Å²) in [4.78, 5) is 52.3. The molecule has 2 aromatic rings. The molecule has 1 heterocycles. The molecule has 7 nitrogen and oxygen atoms in total. The Labute approximate surface area is 230 Å². The summed E-state index contributed by atoms with van der Waals surface area (Å²) in [5, 5.41) is 2.14. The molecule has 13 heteroatoms. The van der Waals surface area contributed by atoms with Gasteiger partial charge >= 0.3 is 5.97 Å². The molecule has 3 amide bonds. The molecule has 0 radical (unpaired) electrons. The molecule has 0 aliphatic carbocycles. The van der Waals surface area contributed by atoms with Crippen LogP contribution in [0.3, 0.4) is 0 Å². The van der Waals surface area contributed by atoms with Gasteiger partial charge in [0.25, 0.3) is 17.7 Å². The van der Waals surface area contributed by atoms with Gasteiger partial charge in [-0.15, -0.1) is 0 Å². The Balaban J connectivity index is 1.82. The summed E-state index contributed by atoms with van der Waals surface area (Å²) in [6.45, 7) is 2.86. The molecule has 0 bridgehead atoms. The van der Waals surface area contributed by atoms with E-state index in [1.54, 1.807) is 13.8 Å². The molecule has 0 saturated carbocycles. The molecule has 1 aliphatic heterocycles. The number of halogens is 6. The van der Waals surface area contributed by atoms with Crippen LogP contribution in [0.25, 0.3) is 0 Å². The molecule has 1 atom stereocenters. The smallest absolute Gasteiger partial charge is 0.329 e. The number of imide groups is 1. The quantitative estimate of drug-likeness (QED) is 0.163. The molecule has 0 fully saturated rings. The second-order valence-corrected chi connectivity index (χ2v) is 10.3. The Morgan fingerprint density at radius 3 is 1.94 bits per heavy atom. The van der Waals surface area contributed by atoms with Crippen LogP contribution in [0.5, 0.6) is 0 Å². The SMILES string of the molecule is CC(C)C[C@H](C(=O)OCC(=O)Nc1ccc(Cl)cc1Cl)N1C(=O)c2c(Cl)c(Cl)c(Cl)c(Cl)c2C1=O. The van der Waals surface area contributed by atoms with Crippen molar-refractivity contribution in [3.63, 3.8) is 0 Å². The van der Waals surface area contributed by atoms with Crippen molar-refractivity contribution < 1.29 is 23.9 Å². The molecule has 0 aromatic heterocycles. The van der Waals surface area contributed by atoms with Crippen molar-refractivity contribution in [1.82, 2.24) is 4.90 Å². The number of anilines is 1. The fourth-order valence-electron chi connectivity index (χ4n) is 3.41. The number of esters is 1. The lowest BCUT2D eigenvalue weighted by molar-refractivity contribution is -0.151. The number of hydrogen-bond donors (Lipinski definition) is 1. The van der Waals surface area contributed by atoms with Gasteiger partial charge in [-0.3, -0.25) is 19.3 Å². The van der Waals surface area contributed by atoms with E-state index in [-0.39, 0.29) is 54.3 Å². The van der Waals surface area contributed by atoms with Gasteiger partial charge in [0.05, 0.1) is 41.9 Å². The third kappa shape index (κ3) is 5.66. The number of fused-ring (bicyclic) bond motifs is 1. The fraction of sp³-hybridized carbons (Fsp3) is 0.273. The van der Waals surface area contributed by atoms with Crippen molar-refractivity contribution >= 4 is 99.0 Å². The zero-order valence-electron chi connectivity index (χ0n) is 18.1. The number of nitrogens with one attached hydrogen (secondary N) is 1. The Bertz CT molecular complexity index is 1200. The van der Waals surface area contributed by atoms with Crippen LogP contribution >= 0.6 is 69.6 Å². The molecule has 2 aromatic carbocycles. The zero-order valence-corrected chi connectivity index (χ0v) is 22.6. The zero-order chi connectivity index (χ0) is 26.2. The number of rotatable bonds is 7. The highest BCUT2D eigenvalue weighted by atomic mass is 35.5. The second-order valence-electron chi connectivity index (χ2n) is 7.91. The van der Waals surface area contributed by atoms with Gasteiger partial charge in [0.15, 0.2) is 6.61 Å². The average molecular weight is 601 g/mol. The first kappa shape index (κ1) is 27.8. The summed E-state index contributed by atoms with van der Waals surface area (Å²) in [5.41, 5.74) is -0.255. The highest BCUT2D eigenvalue weighted by Crippen LogP contribution is 2.45. The highest BCUT2D eigenvalue weighted by Gasteiger charge is 2.47. The van der Waals surface area contributed by atoms with Crippen LogP contribution in [0.4, 0.5) is 5.69 Å². The van der Waals surface area contributed by atoms with E-state index < -0.39 is 36.3 Å². The number of carbonyl (C=O) groups excluding carboxylic acids is 4. The number of benzene rings is 2. The molecule has 3 rings (SSSR count). The predicted molar refractivity (Wildman–Crippen MR) is 136 cm³/mol. The minimum atomic E-state index is -1.36. The first-order valence-corrected chi connectivity index (χ1v) is 12.3. The summed E-state index contributed by atoms with van der Waals surface area (Å²) >= 11 is 36.3. The molecular formula is C22H16Cl6N2O5. The van der Waals surface area contributed by atoms with Gasteiger partial charge < -0.3 is 10.1 Å². The molecule has 1 N–H and O–H groups in total. The highest BCUT2D eigenvalue weighted by molar-refractivity contribution is 6.55. The second kappa shape index (κ2) is 11.1. The monoisotopic (exact) mass is 598 g/mol. The Hall–Kier alpha value is -1.74. The largest absolute Gasteiger partial charge is 0.454 e. The van der Waals surface area contributed by atoms with E-state index in [9.17, 15) is 19.2 Å². The first-order valence-electron chi connectivity index (χ1n) is 10.0. The third-order valence-electron chi connectivity index (χ3n) is 4.96. The Morgan fingerprint density at radius 1 is 0.914 bits per heavy atom. The van der Waals surface area contributed by atoms with Crippen molar-refractivity contribution in [2.24, 2.45) is 5.92 Å². The van der Waals surface area contributed by atoms with Crippen molar-refractivity contribution in [1.29, 1.82) is 0 Å². The van der Waals surface area contributed by atoms with Crippen LogP contribution in [0.2, 0.25) is 30.1 Å². The van der Waals surface area contributed by atoms with Gasteiger partial charge in [-0.2, -0.15) is 0 Å². The van der Waals surface area contributed by atoms with Gasteiger partial charge in [-0.1, -0.05) is 83.5 Å². The van der Waals surface area contributed by atoms with Crippen LogP contribution in [0.1, 0.15) is 41.0 Å². The van der Waals surface area contributed by atoms with E-state index in [0.717, 1.165) is 0 Å². The lowest BCUT2D eigenvalue weighted by Crippen LogP contribution is -2.47. The van der Waals surface area contributed by atoms with Crippen LogP contribution in [0, 0.1) is 5.92 Å². The van der Waals surface area contributed by atoms with Crippen molar-refractivity contribution in [2.45, 2.75) is 26.3 Å². The van der Waals surface area contributed by atoms with Crippen molar-refractivity contribution in [3.8, 4) is 0 Å². The van der Waals surface area contributed by atoms with Gasteiger partial charge in [0.1, 0.15) is 6.04 Å². The predicted octanol–water partition coefficient (Wildman–Crippen LogP) is 6.80. The topological polar surface area (TPSA) is 92.8 Å². The fourth-order valence-corrected chi connectivity index (χ4v) is 4.88. The molecule has 35 heavy (non-hydrogen) atoms.